The highest BCUT2D eigenvalue weighted by Gasteiger charge is 2.32. The van der Waals surface area contributed by atoms with Gasteiger partial charge < -0.3 is 5.32 Å². The molecular formula is C18H33N4S+. The van der Waals surface area contributed by atoms with Crippen LogP contribution in [0.25, 0.3) is 0 Å². The van der Waals surface area contributed by atoms with E-state index in [0.29, 0.717) is 6.17 Å². The van der Waals surface area contributed by atoms with Crippen LogP contribution in [-0.2, 0) is 0 Å². The minimum atomic E-state index is -0.0482. The molecule has 0 aromatic heterocycles. The molecule has 2 heterocycles. The van der Waals surface area contributed by atoms with Crippen LogP contribution in [0.3, 0.4) is 0 Å². The Balaban J connectivity index is 2.22. The zero-order chi connectivity index (χ0) is 16.9. The molecular weight excluding hydrogens is 304 g/mol. The van der Waals surface area contributed by atoms with Gasteiger partial charge in [0.15, 0.2) is 6.20 Å². The average Bonchev–Trinajstić information content (AvgIpc) is 2.48. The van der Waals surface area contributed by atoms with Crippen molar-refractivity contribution in [1.29, 1.82) is 0 Å². The van der Waals surface area contributed by atoms with Gasteiger partial charge in [0.25, 0.3) is 0 Å². The average molecular weight is 338 g/mol. The van der Waals surface area contributed by atoms with Crippen molar-refractivity contribution in [1.82, 2.24) is 15.5 Å². The van der Waals surface area contributed by atoms with Crippen molar-refractivity contribution in [2.45, 2.75) is 63.3 Å². The molecule has 1 saturated heterocycles. The highest BCUT2D eigenvalue weighted by Crippen LogP contribution is 2.22. The van der Waals surface area contributed by atoms with Crippen LogP contribution >= 0.6 is 11.8 Å². The molecule has 0 aromatic rings. The van der Waals surface area contributed by atoms with Gasteiger partial charge in [-0.2, -0.15) is 4.58 Å². The van der Waals surface area contributed by atoms with Crippen LogP contribution in [0.5, 0.6) is 0 Å². The van der Waals surface area contributed by atoms with Gasteiger partial charge in [-0.05, 0) is 65.0 Å². The Morgan fingerprint density at radius 1 is 1.22 bits per heavy atom. The smallest absolute Gasteiger partial charge is 0.213 e. The quantitative estimate of drug-likeness (QED) is 0.775. The monoisotopic (exact) mass is 337 g/mol. The van der Waals surface area contributed by atoms with Crippen molar-refractivity contribution in [3.63, 3.8) is 0 Å². The molecule has 0 aromatic carbocycles. The van der Waals surface area contributed by atoms with E-state index in [1.54, 1.807) is 11.8 Å². The van der Waals surface area contributed by atoms with Gasteiger partial charge in [0, 0.05) is 12.5 Å². The third-order valence-corrected chi connectivity index (χ3v) is 5.92. The maximum Gasteiger partial charge on any atom is 0.213 e. The summed E-state index contributed by atoms with van der Waals surface area (Å²) in [6, 6.07) is 0. The number of thioether (sulfide) groups is 1. The van der Waals surface area contributed by atoms with Gasteiger partial charge >= 0.3 is 0 Å². The highest BCUT2D eigenvalue weighted by atomic mass is 32.2. The fourth-order valence-corrected chi connectivity index (χ4v) is 3.79. The maximum absolute atomic E-state index is 3.84. The lowest BCUT2D eigenvalue weighted by molar-refractivity contribution is -0.506. The van der Waals surface area contributed by atoms with Gasteiger partial charge in [0.05, 0.1) is 11.2 Å². The number of rotatable bonds is 3. The number of likely N-dealkylation sites (N-methyl/N-ethyl adjacent to an activating group) is 1. The summed E-state index contributed by atoms with van der Waals surface area (Å²) in [5.41, 5.74) is 2.17. The topological polar surface area (TPSA) is 30.3 Å². The van der Waals surface area contributed by atoms with Gasteiger partial charge in [0.1, 0.15) is 0 Å². The number of nitrogens with one attached hydrogen (secondary N) is 2. The van der Waals surface area contributed by atoms with Crippen LogP contribution < -0.4 is 10.6 Å². The fourth-order valence-electron chi connectivity index (χ4n) is 3.01. The van der Waals surface area contributed by atoms with E-state index in [9.17, 15) is 0 Å². The molecule has 2 aliphatic heterocycles. The van der Waals surface area contributed by atoms with E-state index in [1.165, 1.54) is 32.1 Å². The lowest BCUT2D eigenvalue weighted by atomic mass is 9.98. The van der Waals surface area contributed by atoms with Crippen LogP contribution in [0.1, 0.15) is 46.0 Å². The molecule has 2 N–H and O–H groups in total. The van der Waals surface area contributed by atoms with Gasteiger partial charge in [-0.15, -0.1) is 0 Å². The van der Waals surface area contributed by atoms with Gasteiger partial charge in [-0.25, -0.2) is 5.32 Å². The molecule has 0 saturated carbocycles. The van der Waals surface area contributed by atoms with Crippen molar-refractivity contribution in [3.8, 4) is 0 Å². The second-order valence-corrected chi connectivity index (χ2v) is 8.02. The Morgan fingerprint density at radius 2 is 2.00 bits per heavy atom. The molecule has 130 valence electrons. The Labute approximate surface area is 146 Å². The van der Waals surface area contributed by atoms with E-state index in [4.69, 9.17) is 0 Å². The van der Waals surface area contributed by atoms with E-state index in [-0.39, 0.29) is 11.2 Å². The van der Waals surface area contributed by atoms with Crippen molar-refractivity contribution in [3.05, 3.63) is 23.8 Å². The van der Waals surface area contributed by atoms with E-state index < -0.39 is 0 Å². The molecule has 2 rings (SSSR count). The first-order valence-electron chi connectivity index (χ1n) is 8.66. The van der Waals surface area contributed by atoms with E-state index in [1.807, 2.05) is 0 Å². The predicted octanol–water partition coefficient (Wildman–Crippen LogP) is 2.94. The summed E-state index contributed by atoms with van der Waals surface area (Å²) in [5, 5.41) is 9.50. The number of hydrogen-bond acceptors (Lipinski definition) is 4. The molecule has 4 nitrogen and oxygen atoms in total. The minimum Gasteiger partial charge on any atom is -0.302 e. The number of nitrogens with zero attached hydrogens (tertiary/aromatic N) is 2. The summed E-state index contributed by atoms with van der Waals surface area (Å²) in [5.74, 6) is 0. The van der Waals surface area contributed by atoms with E-state index >= 15 is 0 Å². The second-order valence-electron chi connectivity index (χ2n) is 7.27. The molecule has 23 heavy (non-hydrogen) atoms. The van der Waals surface area contributed by atoms with Crippen molar-refractivity contribution < 1.29 is 4.58 Å². The molecule has 0 amide bonds. The van der Waals surface area contributed by atoms with Gasteiger partial charge in [-0.1, -0.05) is 18.9 Å². The molecule has 0 radical (unpaired) electrons. The number of hydrogen-bond donors (Lipinski definition) is 2. The zero-order valence-corrected chi connectivity index (χ0v) is 16.1. The third kappa shape index (κ3) is 4.92. The third-order valence-electron chi connectivity index (χ3n) is 5.27. The van der Waals surface area contributed by atoms with Crippen molar-refractivity contribution >= 4 is 17.3 Å². The minimum absolute atomic E-state index is 0.000487. The van der Waals surface area contributed by atoms with Crippen LogP contribution in [0.4, 0.5) is 0 Å². The lowest BCUT2D eigenvalue weighted by Crippen LogP contribution is -2.59. The Kier molecular flexibility index (Phi) is 6.48. The van der Waals surface area contributed by atoms with Crippen LogP contribution in [-0.4, -0.2) is 53.5 Å². The predicted molar refractivity (Wildman–Crippen MR) is 102 cm³/mol. The fraction of sp³-hybridized carbons (Fsp3) is 0.722. The molecule has 0 spiro atoms. The summed E-state index contributed by atoms with van der Waals surface area (Å²) in [7, 11) is 6.31. The van der Waals surface area contributed by atoms with E-state index in [2.05, 4.69) is 84.4 Å². The molecule has 3 unspecified atom stereocenters. The summed E-state index contributed by atoms with van der Waals surface area (Å²) in [6.07, 6.45) is 13.3. The maximum atomic E-state index is 3.84. The SMILES string of the molecule is CNC1(C)CCCCCC([N+]2=CSC=CC(C)(N(C)C)C=C2)N1. The van der Waals surface area contributed by atoms with Crippen LogP contribution in [0.15, 0.2) is 23.8 Å². The molecule has 0 aliphatic carbocycles. The molecule has 1 fully saturated rings. The molecule has 2 aliphatic rings. The van der Waals surface area contributed by atoms with Crippen LogP contribution in [0, 0.1) is 0 Å². The lowest BCUT2D eigenvalue weighted by Gasteiger charge is -2.35. The first kappa shape index (κ1) is 18.7. The Morgan fingerprint density at radius 3 is 2.70 bits per heavy atom. The largest absolute Gasteiger partial charge is 0.302 e. The van der Waals surface area contributed by atoms with Crippen molar-refractivity contribution in [2.75, 3.05) is 21.1 Å². The standard InChI is InChI=1S/C18H33N4S/c1-17(21(4)5)11-13-22(15-23-14-12-17)16-9-7-6-8-10-18(2,19-3)20-16/h11-16,19-20H,6-10H2,1-5H3/q+1. The van der Waals surface area contributed by atoms with Gasteiger partial charge in [0.2, 0.25) is 11.7 Å². The molecule has 0 bridgehead atoms. The van der Waals surface area contributed by atoms with E-state index in [0.717, 1.165) is 0 Å². The summed E-state index contributed by atoms with van der Waals surface area (Å²) in [6.45, 7) is 4.52. The highest BCUT2D eigenvalue weighted by molar-refractivity contribution is 8.14. The van der Waals surface area contributed by atoms with Crippen molar-refractivity contribution in [2.24, 2.45) is 0 Å². The zero-order valence-electron chi connectivity index (χ0n) is 15.3. The summed E-state index contributed by atoms with van der Waals surface area (Å²) < 4.78 is 2.34. The Bertz CT molecular complexity index is 485. The normalized spacial score (nSPS) is 36.1. The second kappa shape index (κ2) is 7.97. The summed E-state index contributed by atoms with van der Waals surface area (Å²) in [4.78, 5) is 2.24. The first-order chi connectivity index (χ1) is 10.9. The Hall–Kier alpha value is -0.620. The molecule has 5 heteroatoms. The summed E-state index contributed by atoms with van der Waals surface area (Å²) >= 11 is 1.75. The van der Waals surface area contributed by atoms with Gasteiger partial charge in [-0.3, -0.25) is 4.90 Å². The first-order valence-corrected chi connectivity index (χ1v) is 9.60. The molecule has 3 atom stereocenters. The van der Waals surface area contributed by atoms with Crippen LogP contribution in [0.2, 0.25) is 0 Å².